The normalized spacial score (nSPS) is 10.3. The molecular formula is C14H22N2O2. The Balaban J connectivity index is 2.82. The van der Waals surface area contributed by atoms with Crippen LogP contribution in [0.5, 0.6) is 0 Å². The van der Waals surface area contributed by atoms with E-state index < -0.39 is 0 Å². The van der Waals surface area contributed by atoms with Crippen molar-refractivity contribution in [1.29, 1.82) is 0 Å². The lowest BCUT2D eigenvalue weighted by Crippen LogP contribution is -2.25. The first-order valence-corrected chi connectivity index (χ1v) is 6.68. The Morgan fingerprint density at radius 1 is 1.17 bits per heavy atom. The Labute approximate surface area is 109 Å². The highest BCUT2D eigenvalue weighted by molar-refractivity contribution is 5.53. The molecule has 0 radical (unpaired) electrons. The van der Waals surface area contributed by atoms with Gasteiger partial charge < -0.3 is 4.90 Å². The zero-order valence-electron chi connectivity index (χ0n) is 11.3. The average Bonchev–Trinajstić information content (AvgIpc) is 2.39. The smallest absolute Gasteiger partial charge is 0.271 e. The molecule has 0 aliphatic rings. The van der Waals surface area contributed by atoms with Crippen molar-refractivity contribution in [3.63, 3.8) is 0 Å². The third kappa shape index (κ3) is 4.35. The van der Waals surface area contributed by atoms with Crippen molar-refractivity contribution in [2.75, 3.05) is 18.0 Å². The largest absolute Gasteiger partial charge is 0.371 e. The summed E-state index contributed by atoms with van der Waals surface area (Å²) in [6.45, 7) is 6.26. The fraction of sp³-hybridized carbons (Fsp3) is 0.571. The van der Waals surface area contributed by atoms with E-state index >= 15 is 0 Å². The Kier molecular flexibility index (Phi) is 6.19. The second-order valence-corrected chi connectivity index (χ2v) is 4.47. The summed E-state index contributed by atoms with van der Waals surface area (Å²) in [7, 11) is 0. The van der Waals surface area contributed by atoms with Gasteiger partial charge in [-0.15, -0.1) is 0 Å². The van der Waals surface area contributed by atoms with Gasteiger partial charge in [0, 0.05) is 30.9 Å². The number of benzene rings is 1. The van der Waals surface area contributed by atoms with E-state index in [0.717, 1.165) is 44.5 Å². The molecule has 0 N–H and O–H groups in total. The highest BCUT2D eigenvalue weighted by atomic mass is 16.6. The van der Waals surface area contributed by atoms with Crippen LogP contribution in [0.1, 0.15) is 39.5 Å². The molecule has 4 heteroatoms. The van der Waals surface area contributed by atoms with E-state index in [0.29, 0.717) is 0 Å². The fourth-order valence-corrected chi connectivity index (χ4v) is 1.87. The molecule has 0 aromatic heterocycles. The van der Waals surface area contributed by atoms with E-state index in [1.165, 1.54) is 0 Å². The number of non-ortho nitro benzene ring substituents is 1. The highest BCUT2D eigenvalue weighted by Crippen LogP contribution is 2.21. The Morgan fingerprint density at radius 2 is 1.78 bits per heavy atom. The first-order valence-electron chi connectivity index (χ1n) is 6.68. The molecule has 0 saturated heterocycles. The number of nitro groups is 1. The van der Waals surface area contributed by atoms with Gasteiger partial charge >= 0.3 is 0 Å². The van der Waals surface area contributed by atoms with Crippen molar-refractivity contribution >= 4 is 11.4 Å². The molecule has 0 unspecified atom stereocenters. The second-order valence-electron chi connectivity index (χ2n) is 4.47. The summed E-state index contributed by atoms with van der Waals surface area (Å²) in [6.07, 6.45) is 4.51. The maximum Gasteiger partial charge on any atom is 0.271 e. The Bertz CT molecular complexity index is 372. The van der Waals surface area contributed by atoms with Crippen molar-refractivity contribution in [3.05, 3.63) is 34.4 Å². The fourth-order valence-electron chi connectivity index (χ4n) is 1.87. The zero-order valence-corrected chi connectivity index (χ0v) is 11.3. The van der Waals surface area contributed by atoms with Crippen molar-refractivity contribution < 1.29 is 4.92 Å². The monoisotopic (exact) mass is 250 g/mol. The van der Waals surface area contributed by atoms with Gasteiger partial charge in [-0.2, -0.15) is 0 Å². The van der Waals surface area contributed by atoms with E-state index in [1.54, 1.807) is 18.2 Å². The van der Waals surface area contributed by atoms with Crippen LogP contribution in [-0.2, 0) is 0 Å². The average molecular weight is 250 g/mol. The maximum absolute atomic E-state index is 10.8. The molecule has 0 saturated carbocycles. The number of rotatable bonds is 8. The van der Waals surface area contributed by atoms with E-state index in [1.807, 2.05) is 6.07 Å². The second kappa shape index (κ2) is 7.69. The SMILES string of the molecule is CCCCN(CCCC)c1cccc([N+](=O)[O-])c1. The number of hydrogen-bond donors (Lipinski definition) is 0. The molecule has 1 rings (SSSR count). The lowest BCUT2D eigenvalue weighted by Gasteiger charge is -2.24. The van der Waals surface area contributed by atoms with Crippen LogP contribution < -0.4 is 4.90 Å². The summed E-state index contributed by atoms with van der Waals surface area (Å²) >= 11 is 0. The molecule has 0 heterocycles. The van der Waals surface area contributed by atoms with Crippen molar-refractivity contribution in [3.8, 4) is 0 Å². The van der Waals surface area contributed by atoms with Gasteiger partial charge in [-0.3, -0.25) is 10.1 Å². The number of nitro benzene ring substituents is 1. The summed E-state index contributed by atoms with van der Waals surface area (Å²) < 4.78 is 0. The first-order chi connectivity index (χ1) is 8.69. The summed E-state index contributed by atoms with van der Waals surface area (Å²) in [5.41, 5.74) is 1.14. The predicted octanol–water partition coefficient (Wildman–Crippen LogP) is 4.00. The predicted molar refractivity (Wildman–Crippen MR) is 75.1 cm³/mol. The minimum Gasteiger partial charge on any atom is -0.371 e. The Morgan fingerprint density at radius 3 is 2.28 bits per heavy atom. The molecule has 1 aromatic carbocycles. The number of nitrogens with zero attached hydrogens (tertiary/aromatic N) is 2. The molecule has 0 atom stereocenters. The lowest BCUT2D eigenvalue weighted by molar-refractivity contribution is -0.384. The first kappa shape index (κ1) is 14.5. The van der Waals surface area contributed by atoms with Crippen molar-refractivity contribution in [2.45, 2.75) is 39.5 Å². The molecule has 0 aliphatic carbocycles. The summed E-state index contributed by atoms with van der Waals surface area (Å²) in [4.78, 5) is 12.7. The van der Waals surface area contributed by atoms with Gasteiger partial charge in [0.05, 0.1) is 4.92 Å². The van der Waals surface area contributed by atoms with Gasteiger partial charge in [0.15, 0.2) is 0 Å². The molecule has 0 bridgehead atoms. The highest BCUT2D eigenvalue weighted by Gasteiger charge is 2.10. The maximum atomic E-state index is 10.8. The lowest BCUT2D eigenvalue weighted by atomic mass is 10.2. The third-order valence-corrected chi connectivity index (χ3v) is 2.97. The minimum atomic E-state index is -0.332. The zero-order chi connectivity index (χ0) is 13.4. The molecule has 100 valence electrons. The van der Waals surface area contributed by atoms with Crippen LogP contribution in [0, 0.1) is 10.1 Å². The summed E-state index contributed by atoms with van der Waals surface area (Å²) in [6, 6.07) is 6.93. The van der Waals surface area contributed by atoms with E-state index in [2.05, 4.69) is 18.7 Å². The molecule has 4 nitrogen and oxygen atoms in total. The Hall–Kier alpha value is -1.58. The number of hydrogen-bond acceptors (Lipinski definition) is 3. The van der Waals surface area contributed by atoms with Crippen molar-refractivity contribution in [1.82, 2.24) is 0 Å². The van der Waals surface area contributed by atoms with Gasteiger partial charge in [0.25, 0.3) is 5.69 Å². The third-order valence-electron chi connectivity index (χ3n) is 2.97. The molecular weight excluding hydrogens is 228 g/mol. The van der Waals surface area contributed by atoms with Crippen LogP contribution >= 0.6 is 0 Å². The van der Waals surface area contributed by atoms with E-state index in [-0.39, 0.29) is 10.6 Å². The topological polar surface area (TPSA) is 46.4 Å². The summed E-state index contributed by atoms with van der Waals surface area (Å²) in [5, 5.41) is 10.8. The minimum absolute atomic E-state index is 0.172. The van der Waals surface area contributed by atoms with Crippen LogP contribution in [0.3, 0.4) is 0 Å². The van der Waals surface area contributed by atoms with Gasteiger partial charge in [0.1, 0.15) is 0 Å². The molecule has 0 aliphatic heterocycles. The molecule has 18 heavy (non-hydrogen) atoms. The number of unbranched alkanes of at least 4 members (excludes halogenated alkanes) is 2. The van der Waals surface area contributed by atoms with E-state index in [9.17, 15) is 10.1 Å². The van der Waals surface area contributed by atoms with Crippen LogP contribution in [0.2, 0.25) is 0 Å². The molecule has 0 fully saturated rings. The summed E-state index contributed by atoms with van der Waals surface area (Å²) in [5.74, 6) is 0. The standard InChI is InChI=1S/C14H22N2O2/c1-3-5-10-15(11-6-4-2)13-8-7-9-14(12-13)16(17)18/h7-9,12H,3-6,10-11H2,1-2H3. The molecule has 0 amide bonds. The van der Waals surface area contributed by atoms with Crippen LogP contribution in [-0.4, -0.2) is 18.0 Å². The van der Waals surface area contributed by atoms with Gasteiger partial charge in [-0.25, -0.2) is 0 Å². The van der Waals surface area contributed by atoms with Crippen LogP contribution in [0.25, 0.3) is 0 Å². The molecule has 0 spiro atoms. The van der Waals surface area contributed by atoms with Gasteiger partial charge in [0.2, 0.25) is 0 Å². The van der Waals surface area contributed by atoms with Gasteiger partial charge in [-0.05, 0) is 18.9 Å². The van der Waals surface area contributed by atoms with Crippen LogP contribution in [0.15, 0.2) is 24.3 Å². The van der Waals surface area contributed by atoms with E-state index in [4.69, 9.17) is 0 Å². The quantitative estimate of drug-likeness (QED) is 0.517. The van der Waals surface area contributed by atoms with Gasteiger partial charge in [-0.1, -0.05) is 32.8 Å². The molecule has 1 aromatic rings. The van der Waals surface area contributed by atoms with Crippen LogP contribution in [0.4, 0.5) is 11.4 Å². The van der Waals surface area contributed by atoms with Crippen molar-refractivity contribution in [2.24, 2.45) is 0 Å². The number of anilines is 1.